The van der Waals surface area contributed by atoms with Crippen LogP contribution in [-0.4, -0.2) is 62.7 Å². The number of aliphatic carboxylic acids is 1. The molecule has 0 saturated carbocycles. The number of rotatable bonds is 16. The Bertz CT molecular complexity index is 1950. The van der Waals surface area contributed by atoms with Crippen LogP contribution >= 0.6 is 0 Å². The van der Waals surface area contributed by atoms with E-state index in [0.29, 0.717) is 17.0 Å². The molecule has 0 aliphatic heterocycles. The standard InChI is InChI=1S/C40H41N3O10/c1-26(42(23-11-14-27-12-7-5-8-13-27)38(48)36(46)33(25-35(44)45)39(49)53-40(2,3)4)32(28-17-19-30(20-18-28)43(50)51)24-31-21-22-34(52-31)37(47)41-29-15-9-6-10-16-29/h5-22,26,32-33H,23-25H2,1-4H3,(H,41,47)(H,44,45)/t26-,32+,33?/m1/s1. The number of hydrogen-bond donors (Lipinski definition) is 2. The molecule has 0 saturated heterocycles. The van der Waals surface area contributed by atoms with Gasteiger partial charge in [-0.2, -0.15) is 0 Å². The second-order valence-electron chi connectivity index (χ2n) is 13.3. The fraction of sp³-hybridized carbons (Fsp3) is 0.275. The normalized spacial score (nSPS) is 13.1. The molecule has 3 aromatic carbocycles. The van der Waals surface area contributed by atoms with E-state index in [-0.39, 0.29) is 24.4 Å². The third-order valence-corrected chi connectivity index (χ3v) is 8.21. The maximum Gasteiger partial charge on any atom is 0.318 e. The minimum absolute atomic E-state index is 0.0155. The van der Waals surface area contributed by atoms with Crippen molar-refractivity contribution in [1.82, 2.24) is 4.90 Å². The van der Waals surface area contributed by atoms with Crippen LogP contribution in [0, 0.1) is 16.0 Å². The Kier molecular flexibility index (Phi) is 13.2. The summed E-state index contributed by atoms with van der Waals surface area (Å²) in [6.07, 6.45) is 2.50. The molecule has 0 fully saturated rings. The highest BCUT2D eigenvalue weighted by atomic mass is 16.6. The van der Waals surface area contributed by atoms with Gasteiger partial charge >= 0.3 is 11.9 Å². The first-order valence-corrected chi connectivity index (χ1v) is 16.8. The number of carbonyl (C=O) groups excluding carboxylic acids is 4. The average molecular weight is 724 g/mol. The molecule has 53 heavy (non-hydrogen) atoms. The SMILES string of the molecule is C[C@H]([C@H](Cc1ccc(C(=O)Nc2ccccc2)o1)c1ccc([N+](=O)[O-])cc1)N(CC=Cc1ccccc1)C(=O)C(=O)C(CC(=O)O)C(=O)OC(C)(C)C. The Hall–Kier alpha value is -6.37. The topological polar surface area (TPSA) is 186 Å². The van der Waals surface area contributed by atoms with Crippen LogP contribution in [0.2, 0.25) is 0 Å². The van der Waals surface area contributed by atoms with Gasteiger partial charge in [0.25, 0.3) is 17.5 Å². The van der Waals surface area contributed by atoms with Crippen molar-refractivity contribution < 1.29 is 43.2 Å². The van der Waals surface area contributed by atoms with Crippen LogP contribution < -0.4 is 5.32 Å². The maximum atomic E-state index is 14.2. The number of benzene rings is 3. The van der Waals surface area contributed by atoms with Crippen molar-refractivity contribution in [3.63, 3.8) is 0 Å². The highest BCUT2D eigenvalue weighted by Crippen LogP contribution is 2.31. The number of nitro benzene ring substituents is 1. The Morgan fingerprint density at radius 1 is 0.925 bits per heavy atom. The smallest absolute Gasteiger partial charge is 0.318 e. The number of Topliss-reactive ketones (excluding diaryl/α,β-unsaturated/α-hetero) is 1. The summed E-state index contributed by atoms with van der Waals surface area (Å²) in [5.74, 6) is -7.75. The third kappa shape index (κ3) is 11.3. The van der Waals surface area contributed by atoms with Crippen molar-refractivity contribution >= 4 is 47.0 Å². The molecule has 0 aliphatic rings. The molecule has 0 spiro atoms. The molecule has 2 amide bonds. The van der Waals surface area contributed by atoms with Gasteiger partial charge in [-0.05, 0) is 63.1 Å². The van der Waals surface area contributed by atoms with E-state index in [0.717, 1.165) is 5.56 Å². The number of carboxylic acid groups (broad SMARTS) is 1. The van der Waals surface area contributed by atoms with E-state index in [9.17, 15) is 39.2 Å². The summed E-state index contributed by atoms with van der Waals surface area (Å²) in [4.78, 5) is 78.0. The molecule has 0 aliphatic carbocycles. The number of nitrogens with one attached hydrogen (secondary N) is 1. The molecule has 0 radical (unpaired) electrons. The van der Waals surface area contributed by atoms with Gasteiger partial charge in [0.2, 0.25) is 5.78 Å². The van der Waals surface area contributed by atoms with Gasteiger partial charge in [0.1, 0.15) is 17.3 Å². The number of ketones is 1. The van der Waals surface area contributed by atoms with Crippen LogP contribution in [0.3, 0.4) is 0 Å². The van der Waals surface area contributed by atoms with Crippen LogP contribution in [0.25, 0.3) is 6.08 Å². The maximum absolute atomic E-state index is 14.2. The lowest BCUT2D eigenvalue weighted by Crippen LogP contribution is -2.49. The average Bonchev–Trinajstić information content (AvgIpc) is 3.60. The minimum Gasteiger partial charge on any atom is -0.481 e. The number of nitrogens with zero attached hydrogens (tertiary/aromatic N) is 2. The van der Waals surface area contributed by atoms with Crippen molar-refractivity contribution in [3.8, 4) is 0 Å². The molecule has 1 aromatic heterocycles. The molecular formula is C40H41N3O10. The second-order valence-corrected chi connectivity index (χ2v) is 13.3. The van der Waals surface area contributed by atoms with E-state index in [1.165, 1.54) is 35.2 Å². The van der Waals surface area contributed by atoms with E-state index < -0.39 is 64.4 Å². The highest BCUT2D eigenvalue weighted by Gasteiger charge is 2.41. The quantitative estimate of drug-likeness (QED) is 0.0414. The Morgan fingerprint density at radius 3 is 2.13 bits per heavy atom. The summed E-state index contributed by atoms with van der Waals surface area (Å²) < 4.78 is 11.3. The third-order valence-electron chi connectivity index (χ3n) is 8.21. The van der Waals surface area contributed by atoms with Crippen molar-refractivity contribution in [2.75, 3.05) is 11.9 Å². The van der Waals surface area contributed by atoms with Crippen LogP contribution in [0.1, 0.15) is 67.5 Å². The number of carbonyl (C=O) groups is 5. The van der Waals surface area contributed by atoms with Gasteiger partial charge in [0.05, 0.1) is 11.3 Å². The van der Waals surface area contributed by atoms with Gasteiger partial charge in [-0.25, -0.2) is 0 Å². The van der Waals surface area contributed by atoms with Gasteiger partial charge in [0, 0.05) is 42.7 Å². The van der Waals surface area contributed by atoms with Crippen LogP contribution in [0.15, 0.2) is 108 Å². The summed E-state index contributed by atoms with van der Waals surface area (Å²) in [6, 6.07) is 25.9. The van der Waals surface area contributed by atoms with Crippen molar-refractivity contribution in [2.45, 2.75) is 58.1 Å². The van der Waals surface area contributed by atoms with Crippen molar-refractivity contribution in [2.24, 2.45) is 5.92 Å². The number of carboxylic acids is 1. The summed E-state index contributed by atoms with van der Waals surface area (Å²) >= 11 is 0. The number of para-hydroxylation sites is 1. The van der Waals surface area contributed by atoms with Crippen LogP contribution in [-0.2, 0) is 30.3 Å². The zero-order chi connectivity index (χ0) is 38.7. The number of nitro groups is 1. The first-order valence-electron chi connectivity index (χ1n) is 16.8. The second kappa shape index (κ2) is 17.7. The number of anilines is 1. The van der Waals surface area contributed by atoms with E-state index in [1.807, 2.05) is 36.4 Å². The number of hydrogen-bond acceptors (Lipinski definition) is 9. The Morgan fingerprint density at radius 2 is 1.55 bits per heavy atom. The zero-order valence-electron chi connectivity index (χ0n) is 29.8. The fourth-order valence-corrected chi connectivity index (χ4v) is 5.59. The molecule has 1 unspecified atom stereocenters. The van der Waals surface area contributed by atoms with Gasteiger partial charge in [0.15, 0.2) is 5.76 Å². The summed E-state index contributed by atoms with van der Waals surface area (Å²) in [6.45, 7) is 6.19. The van der Waals surface area contributed by atoms with Crippen LogP contribution in [0.4, 0.5) is 11.4 Å². The summed E-state index contributed by atoms with van der Waals surface area (Å²) in [7, 11) is 0. The fourth-order valence-electron chi connectivity index (χ4n) is 5.59. The number of amides is 2. The van der Waals surface area contributed by atoms with E-state index in [2.05, 4.69) is 5.32 Å². The summed E-state index contributed by atoms with van der Waals surface area (Å²) in [5.41, 5.74) is 0.675. The lowest BCUT2D eigenvalue weighted by Gasteiger charge is -2.34. The highest BCUT2D eigenvalue weighted by molar-refractivity contribution is 6.40. The van der Waals surface area contributed by atoms with E-state index >= 15 is 0 Å². The Labute approximate surface area is 306 Å². The lowest BCUT2D eigenvalue weighted by molar-refractivity contribution is -0.384. The molecule has 3 atom stereocenters. The molecule has 13 nitrogen and oxygen atoms in total. The predicted molar refractivity (Wildman–Crippen MR) is 196 cm³/mol. The first kappa shape index (κ1) is 39.4. The molecule has 4 rings (SSSR count). The van der Waals surface area contributed by atoms with Gasteiger partial charge in [-0.1, -0.05) is 72.8 Å². The first-order chi connectivity index (χ1) is 25.1. The van der Waals surface area contributed by atoms with Crippen molar-refractivity contribution in [3.05, 3.63) is 136 Å². The van der Waals surface area contributed by atoms with Crippen molar-refractivity contribution in [1.29, 1.82) is 0 Å². The summed E-state index contributed by atoms with van der Waals surface area (Å²) in [5, 5.41) is 23.8. The lowest BCUT2D eigenvalue weighted by atomic mass is 9.86. The number of ether oxygens (including phenoxy) is 1. The monoisotopic (exact) mass is 723 g/mol. The van der Waals surface area contributed by atoms with E-state index in [4.69, 9.17) is 9.15 Å². The molecule has 2 N–H and O–H groups in total. The molecule has 1 heterocycles. The van der Waals surface area contributed by atoms with Gasteiger partial charge in [-0.3, -0.25) is 34.1 Å². The zero-order valence-corrected chi connectivity index (χ0v) is 29.8. The number of non-ortho nitro benzene ring substituents is 1. The number of furan rings is 1. The largest absolute Gasteiger partial charge is 0.481 e. The molecule has 0 bridgehead atoms. The van der Waals surface area contributed by atoms with Gasteiger partial charge < -0.3 is 24.5 Å². The molecule has 4 aromatic rings. The number of esters is 1. The molecular weight excluding hydrogens is 682 g/mol. The minimum atomic E-state index is -1.92. The predicted octanol–water partition coefficient (Wildman–Crippen LogP) is 6.70. The molecule has 276 valence electrons. The van der Waals surface area contributed by atoms with Gasteiger partial charge in [-0.15, -0.1) is 0 Å². The van der Waals surface area contributed by atoms with Crippen LogP contribution in [0.5, 0.6) is 0 Å². The Balaban J connectivity index is 1.73. The van der Waals surface area contributed by atoms with E-state index in [1.54, 1.807) is 70.2 Å². The molecule has 13 heteroatoms.